The van der Waals surface area contributed by atoms with Crippen molar-refractivity contribution < 1.29 is 9.90 Å². The number of aliphatic hydroxyl groups excluding tert-OH is 1. The number of carbonyl (C=O) groups excluding carboxylic acids is 1. The summed E-state index contributed by atoms with van der Waals surface area (Å²) in [6.07, 6.45) is 3.12. The van der Waals surface area contributed by atoms with Crippen LogP contribution in [0, 0.1) is 0 Å². The van der Waals surface area contributed by atoms with Crippen molar-refractivity contribution in [2.24, 2.45) is 5.73 Å². The average molecular weight is 216 g/mol. The van der Waals surface area contributed by atoms with E-state index in [4.69, 9.17) is 5.73 Å². The van der Waals surface area contributed by atoms with Gasteiger partial charge in [-0.05, 0) is 25.7 Å². The van der Waals surface area contributed by atoms with Gasteiger partial charge in [-0.2, -0.15) is 0 Å². The molecule has 0 unspecified atom stereocenters. The molecule has 0 radical (unpaired) electrons. The number of carbonyl (C=O) groups is 1. The maximum absolute atomic E-state index is 11.3. The summed E-state index contributed by atoms with van der Waals surface area (Å²) in [5.74, 6) is -0.112. The van der Waals surface area contributed by atoms with Gasteiger partial charge in [-0.25, -0.2) is 0 Å². The van der Waals surface area contributed by atoms with E-state index in [0.29, 0.717) is 0 Å². The third-order valence-corrected chi connectivity index (χ3v) is 2.54. The quantitative estimate of drug-likeness (QED) is 0.584. The van der Waals surface area contributed by atoms with Crippen LogP contribution in [0.15, 0.2) is 0 Å². The molecule has 0 aromatic rings. The van der Waals surface area contributed by atoms with Crippen LogP contribution in [0.5, 0.6) is 0 Å². The third-order valence-electron chi connectivity index (χ3n) is 2.40. The standard InChI is InChI=1S/C9H16N2O2S/c10-8(14)5-9(13)11-6-1-3-7(12)4-2-6/h6-7,12H,1-5H2,(H2,10,14)(H,11,13). The fraction of sp³-hybridized carbons (Fsp3) is 0.778. The number of aliphatic hydroxyl groups is 1. The van der Waals surface area contributed by atoms with Gasteiger partial charge in [0.15, 0.2) is 0 Å². The van der Waals surface area contributed by atoms with Gasteiger partial charge < -0.3 is 16.2 Å². The van der Waals surface area contributed by atoms with E-state index in [1.807, 2.05) is 0 Å². The Labute approximate surface area is 88.9 Å². The molecule has 0 spiro atoms. The van der Waals surface area contributed by atoms with Gasteiger partial charge in [-0.1, -0.05) is 12.2 Å². The lowest BCUT2D eigenvalue weighted by Crippen LogP contribution is -2.39. The minimum absolute atomic E-state index is 0.112. The van der Waals surface area contributed by atoms with Crippen molar-refractivity contribution in [1.82, 2.24) is 5.32 Å². The van der Waals surface area contributed by atoms with Crippen molar-refractivity contribution in [2.45, 2.75) is 44.2 Å². The molecule has 0 saturated heterocycles. The fourth-order valence-corrected chi connectivity index (χ4v) is 1.79. The molecule has 0 aliphatic heterocycles. The second-order valence-electron chi connectivity index (χ2n) is 3.72. The van der Waals surface area contributed by atoms with Crippen molar-refractivity contribution in [3.05, 3.63) is 0 Å². The average Bonchev–Trinajstić information content (AvgIpc) is 2.07. The molecular weight excluding hydrogens is 200 g/mol. The van der Waals surface area contributed by atoms with Gasteiger partial charge >= 0.3 is 0 Å². The largest absolute Gasteiger partial charge is 0.393 e. The molecule has 1 aliphatic rings. The Balaban J connectivity index is 2.24. The molecule has 0 heterocycles. The number of nitrogens with one attached hydrogen (secondary N) is 1. The molecule has 0 aromatic carbocycles. The Hall–Kier alpha value is -0.680. The van der Waals surface area contributed by atoms with Crippen molar-refractivity contribution in [1.29, 1.82) is 0 Å². The molecule has 1 fully saturated rings. The van der Waals surface area contributed by atoms with Crippen LogP contribution < -0.4 is 11.1 Å². The van der Waals surface area contributed by atoms with E-state index in [2.05, 4.69) is 17.5 Å². The normalized spacial score (nSPS) is 26.9. The van der Waals surface area contributed by atoms with Crippen molar-refractivity contribution in [2.75, 3.05) is 0 Å². The molecule has 1 rings (SSSR count). The summed E-state index contributed by atoms with van der Waals surface area (Å²) in [6, 6.07) is 0.181. The van der Waals surface area contributed by atoms with Crippen LogP contribution in [-0.2, 0) is 4.79 Å². The molecule has 4 N–H and O–H groups in total. The Morgan fingerprint density at radius 1 is 1.43 bits per heavy atom. The second-order valence-corrected chi connectivity index (χ2v) is 4.24. The molecule has 1 aliphatic carbocycles. The zero-order valence-electron chi connectivity index (χ0n) is 8.03. The third kappa shape index (κ3) is 4.02. The number of nitrogens with two attached hydrogens (primary N) is 1. The highest BCUT2D eigenvalue weighted by molar-refractivity contribution is 7.80. The van der Waals surface area contributed by atoms with Crippen molar-refractivity contribution in [3.63, 3.8) is 0 Å². The Bertz CT molecular complexity index is 225. The molecule has 14 heavy (non-hydrogen) atoms. The van der Waals surface area contributed by atoms with E-state index in [1.54, 1.807) is 0 Å². The fourth-order valence-electron chi connectivity index (χ4n) is 1.66. The minimum Gasteiger partial charge on any atom is -0.393 e. The molecule has 0 aromatic heterocycles. The number of hydrogen-bond donors (Lipinski definition) is 3. The maximum atomic E-state index is 11.3. The van der Waals surface area contributed by atoms with Crippen LogP contribution >= 0.6 is 12.2 Å². The minimum atomic E-state index is -0.196. The Morgan fingerprint density at radius 3 is 2.50 bits per heavy atom. The summed E-state index contributed by atoms with van der Waals surface area (Å²) in [6.45, 7) is 0. The first-order valence-corrected chi connectivity index (χ1v) is 5.24. The number of rotatable bonds is 3. The molecule has 0 atom stereocenters. The van der Waals surface area contributed by atoms with E-state index < -0.39 is 0 Å². The van der Waals surface area contributed by atoms with E-state index in [-0.39, 0.29) is 29.5 Å². The van der Waals surface area contributed by atoms with Crippen molar-refractivity contribution >= 4 is 23.1 Å². The van der Waals surface area contributed by atoms with E-state index in [0.717, 1.165) is 25.7 Å². The molecule has 5 heteroatoms. The van der Waals surface area contributed by atoms with Crippen LogP contribution in [0.3, 0.4) is 0 Å². The van der Waals surface area contributed by atoms with Gasteiger partial charge in [-0.15, -0.1) is 0 Å². The predicted octanol–water partition coefficient (Wildman–Crippen LogP) is 0.0823. The second kappa shape index (κ2) is 5.26. The first kappa shape index (κ1) is 11.4. The van der Waals surface area contributed by atoms with Crippen LogP contribution in [0.1, 0.15) is 32.1 Å². The van der Waals surface area contributed by atoms with Gasteiger partial charge in [0, 0.05) is 6.04 Å². The molecule has 1 saturated carbocycles. The maximum Gasteiger partial charge on any atom is 0.227 e. The highest BCUT2D eigenvalue weighted by Crippen LogP contribution is 2.18. The summed E-state index contributed by atoms with van der Waals surface area (Å²) in [4.78, 5) is 11.5. The highest BCUT2D eigenvalue weighted by Gasteiger charge is 2.20. The van der Waals surface area contributed by atoms with Gasteiger partial charge in [0.2, 0.25) is 5.91 Å². The highest BCUT2D eigenvalue weighted by atomic mass is 32.1. The first-order chi connectivity index (χ1) is 6.58. The number of thiocarbonyl (C=S) groups is 1. The van der Waals surface area contributed by atoms with E-state index >= 15 is 0 Å². The summed E-state index contributed by atoms with van der Waals surface area (Å²) in [5.41, 5.74) is 5.25. The Kier molecular flexibility index (Phi) is 4.28. The van der Waals surface area contributed by atoms with Crippen LogP contribution in [0.4, 0.5) is 0 Å². The Morgan fingerprint density at radius 2 is 2.00 bits per heavy atom. The predicted molar refractivity (Wildman–Crippen MR) is 57.8 cm³/mol. The smallest absolute Gasteiger partial charge is 0.227 e. The summed E-state index contributed by atoms with van der Waals surface area (Å²) in [7, 11) is 0. The lowest BCUT2D eigenvalue weighted by Gasteiger charge is -2.26. The first-order valence-electron chi connectivity index (χ1n) is 4.83. The van der Waals surface area contributed by atoms with E-state index in [1.165, 1.54) is 0 Å². The van der Waals surface area contributed by atoms with Crippen molar-refractivity contribution in [3.8, 4) is 0 Å². The van der Waals surface area contributed by atoms with Gasteiger partial charge in [0.25, 0.3) is 0 Å². The molecule has 4 nitrogen and oxygen atoms in total. The summed E-state index contributed by atoms with van der Waals surface area (Å²) in [5, 5.41) is 12.1. The molecular formula is C9H16N2O2S. The topological polar surface area (TPSA) is 75.4 Å². The molecule has 0 bridgehead atoms. The van der Waals surface area contributed by atoms with Gasteiger partial charge in [-0.3, -0.25) is 4.79 Å². The van der Waals surface area contributed by atoms with Gasteiger partial charge in [0.05, 0.1) is 17.5 Å². The molecule has 80 valence electrons. The van der Waals surface area contributed by atoms with Crippen LogP contribution in [0.25, 0.3) is 0 Å². The molecule has 1 amide bonds. The SMILES string of the molecule is NC(=S)CC(=O)NC1CCC(O)CC1. The summed E-state index contributed by atoms with van der Waals surface area (Å²) < 4.78 is 0. The zero-order valence-corrected chi connectivity index (χ0v) is 8.85. The monoisotopic (exact) mass is 216 g/mol. The van der Waals surface area contributed by atoms with Crippen LogP contribution in [-0.4, -0.2) is 28.1 Å². The number of hydrogen-bond acceptors (Lipinski definition) is 3. The summed E-state index contributed by atoms with van der Waals surface area (Å²) >= 11 is 4.64. The van der Waals surface area contributed by atoms with Gasteiger partial charge in [0.1, 0.15) is 0 Å². The number of amides is 1. The van der Waals surface area contributed by atoms with Crippen LogP contribution in [0.2, 0.25) is 0 Å². The zero-order chi connectivity index (χ0) is 10.6. The lowest BCUT2D eigenvalue weighted by atomic mass is 9.93. The van der Waals surface area contributed by atoms with E-state index in [9.17, 15) is 9.90 Å². The lowest BCUT2D eigenvalue weighted by molar-refractivity contribution is -0.120.